The van der Waals surface area contributed by atoms with Crippen molar-refractivity contribution in [3.8, 4) is 5.75 Å². The highest BCUT2D eigenvalue weighted by molar-refractivity contribution is 5.83. The van der Waals surface area contributed by atoms with E-state index in [4.69, 9.17) is 10.5 Å². The Morgan fingerprint density at radius 1 is 1.06 bits per heavy atom. The molecule has 0 heterocycles. The van der Waals surface area contributed by atoms with Gasteiger partial charge in [0.15, 0.2) is 0 Å². The molecule has 0 amide bonds. The first kappa shape index (κ1) is 13.5. The molecule has 2 aromatic carbocycles. The molecule has 0 aliphatic carbocycles. The van der Waals surface area contributed by atoms with Gasteiger partial charge >= 0.3 is 0 Å². The number of nitrogens with two attached hydrogens (primary N) is 1. The summed E-state index contributed by atoms with van der Waals surface area (Å²) in [5.41, 5.74) is 5.14. The van der Waals surface area contributed by atoms with Gasteiger partial charge in [0.2, 0.25) is 0 Å². The van der Waals surface area contributed by atoms with Gasteiger partial charge in [-0.15, -0.1) is 0 Å². The molecular weight excluding hydrogens is 210 g/mol. The van der Waals surface area contributed by atoms with Gasteiger partial charge in [-0.1, -0.05) is 43.7 Å². The van der Waals surface area contributed by atoms with Crippen LogP contribution in [-0.4, -0.2) is 13.7 Å². The van der Waals surface area contributed by atoms with Gasteiger partial charge < -0.3 is 10.5 Å². The van der Waals surface area contributed by atoms with E-state index in [-0.39, 0.29) is 0 Å². The fourth-order valence-corrected chi connectivity index (χ4v) is 1.50. The van der Waals surface area contributed by atoms with Crippen molar-refractivity contribution in [1.82, 2.24) is 0 Å². The van der Waals surface area contributed by atoms with Crippen molar-refractivity contribution < 1.29 is 4.74 Å². The number of ether oxygens (including phenoxy) is 1. The predicted molar refractivity (Wildman–Crippen MR) is 74.5 cm³/mol. The molecule has 2 heteroatoms. The number of rotatable bonds is 3. The van der Waals surface area contributed by atoms with Gasteiger partial charge in [0, 0.05) is 0 Å². The van der Waals surface area contributed by atoms with Gasteiger partial charge in [-0.3, -0.25) is 0 Å². The van der Waals surface area contributed by atoms with Gasteiger partial charge in [-0.05, 0) is 35.9 Å². The number of benzene rings is 2. The summed E-state index contributed by atoms with van der Waals surface area (Å²) in [7, 11) is 1.68. The average molecular weight is 231 g/mol. The minimum atomic E-state index is 0.844. The lowest BCUT2D eigenvalue weighted by molar-refractivity contribution is 0.415. The van der Waals surface area contributed by atoms with E-state index < -0.39 is 0 Å². The van der Waals surface area contributed by atoms with Crippen LogP contribution in [0.25, 0.3) is 10.8 Å². The second kappa shape index (κ2) is 7.69. The second-order valence-electron chi connectivity index (χ2n) is 3.86. The molecule has 92 valence electrons. The maximum atomic E-state index is 5.14. The number of unbranched alkanes of at least 4 members (excludes halogenated alkanes) is 1. The molecular formula is C15H21NO. The number of hydrogen-bond acceptors (Lipinski definition) is 2. The van der Waals surface area contributed by atoms with E-state index in [0.29, 0.717) is 0 Å². The maximum absolute atomic E-state index is 5.14. The highest BCUT2D eigenvalue weighted by atomic mass is 16.5. The van der Waals surface area contributed by atoms with Crippen LogP contribution >= 0.6 is 0 Å². The Bertz CT molecular complexity index is 438. The van der Waals surface area contributed by atoms with Crippen molar-refractivity contribution in [2.24, 2.45) is 5.73 Å². The summed E-state index contributed by atoms with van der Waals surface area (Å²) in [6.45, 7) is 2.98. The van der Waals surface area contributed by atoms with Crippen molar-refractivity contribution in [3.63, 3.8) is 0 Å². The first-order chi connectivity index (χ1) is 8.31. The largest absolute Gasteiger partial charge is 0.497 e. The molecule has 0 spiro atoms. The van der Waals surface area contributed by atoms with E-state index in [9.17, 15) is 0 Å². The molecule has 0 fully saturated rings. The molecule has 0 radical (unpaired) electrons. The first-order valence-electron chi connectivity index (χ1n) is 6.04. The highest BCUT2D eigenvalue weighted by Gasteiger charge is 1.93. The van der Waals surface area contributed by atoms with Crippen LogP contribution < -0.4 is 10.5 Å². The summed E-state index contributed by atoms with van der Waals surface area (Å²) in [5.74, 6) is 0.911. The molecule has 2 N–H and O–H groups in total. The maximum Gasteiger partial charge on any atom is 0.119 e. The number of hydrogen-bond donors (Lipinski definition) is 1. The summed E-state index contributed by atoms with van der Waals surface area (Å²) < 4.78 is 5.12. The summed E-state index contributed by atoms with van der Waals surface area (Å²) in [6.07, 6.45) is 2.39. The van der Waals surface area contributed by atoms with Crippen molar-refractivity contribution in [3.05, 3.63) is 42.5 Å². The Kier molecular flexibility index (Phi) is 6.12. The molecule has 0 atom stereocenters. The lowest BCUT2D eigenvalue weighted by Gasteiger charge is -2.00. The second-order valence-corrected chi connectivity index (χ2v) is 3.86. The van der Waals surface area contributed by atoms with Crippen LogP contribution in [0, 0.1) is 0 Å². The zero-order chi connectivity index (χ0) is 12.5. The van der Waals surface area contributed by atoms with E-state index in [1.807, 2.05) is 24.3 Å². The Morgan fingerprint density at radius 2 is 1.76 bits per heavy atom. The first-order valence-corrected chi connectivity index (χ1v) is 6.04. The SMILES string of the molecule is CCCCN.COc1ccc2ccccc2c1. The van der Waals surface area contributed by atoms with Gasteiger partial charge in [-0.2, -0.15) is 0 Å². The topological polar surface area (TPSA) is 35.2 Å². The molecule has 0 aliphatic heterocycles. The molecule has 0 unspecified atom stereocenters. The zero-order valence-electron chi connectivity index (χ0n) is 10.6. The van der Waals surface area contributed by atoms with E-state index in [1.54, 1.807) is 7.11 Å². The fourth-order valence-electron chi connectivity index (χ4n) is 1.50. The fraction of sp³-hybridized carbons (Fsp3) is 0.333. The van der Waals surface area contributed by atoms with E-state index in [2.05, 4.69) is 25.1 Å². The Morgan fingerprint density at radius 3 is 2.29 bits per heavy atom. The highest BCUT2D eigenvalue weighted by Crippen LogP contribution is 2.19. The van der Waals surface area contributed by atoms with Crippen molar-refractivity contribution >= 4 is 10.8 Å². The van der Waals surface area contributed by atoms with Crippen LogP contribution in [0.2, 0.25) is 0 Å². The van der Waals surface area contributed by atoms with Crippen molar-refractivity contribution in [2.75, 3.05) is 13.7 Å². The Balaban J connectivity index is 0.000000249. The monoisotopic (exact) mass is 231 g/mol. The molecule has 0 saturated carbocycles. The van der Waals surface area contributed by atoms with Gasteiger partial charge in [0.1, 0.15) is 5.75 Å². The summed E-state index contributed by atoms with van der Waals surface area (Å²) in [6, 6.07) is 14.3. The molecule has 2 nitrogen and oxygen atoms in total. The van der Waals surface area contributed by atoms with Crippen LogP contribution in [0.15, 0.2) is 42.5 Å². The number of fused-ring (bicyclic) bond motifs is 1. The minimum absolute atomic E-state index is 0.844. The zero-order valence-corrected chi connectivity index (χ0v) is 10.6. The summed E-state index contributed by atoms with van der Waals surface area (Å²) >= 11 is 0. The van der Waals surface area contributed by atoms with Crippen LogP contribution in [0.1, 0.15) is 19.8 Å². The Labute approximate surface area is 103 Å². The van der Waals surface area contributed by atoms with Crippen LogP contribution in [-0.2, 0) is 0 Å². The van der Waals surface area contributed by atoms with Crippen molar-refractivity contribution in [2.45, 2.75) is 19.8 Å². The molecule has 0 saturated heterocycles. The van der Waals surface area contributed by atoms with Crippen LogP contribution in [0.5, 0.6) is 5.75 Å². The van der Waals surface area contributed by atoms with Crippen molar-refractivity contribution in [1.29, 1.82) is 0 Å². The number of methoxy groups -OCH3 is 1. The van der Waals surface area contributed by atoms with Crippen LogP contribution in [0.4, 0.5) is 0 Å². The third-order valence-electron chi connectivity index (χ3n) is 2.51. The van der Waals surface area contributed by atoms with Gasteiger partial charge in [-0.25, -0.2) is 0 Å². The molecule has 2 rings (SSSR count). The van der Waals surface area contributed by atoms with E-state index >= 15 is 0 Å². The standard InChI is InChI=1S/C11H10O.C4H11N/c1-12-11-7-6-9-4-2-3-5-10(9)8-11;1-2-3-4-5/h2-8H,1H3;2-5H2,1H3. The smallest absolute Gasteiger partial charge is 0.119 e. The summed E-state index contributed by atoms with van der Waals surface area (Å²) in [4.78, 5) is 0. The predicted octanol–water partition coefficient (Wildman–Crippen LogP) is 3.59. The summed E-state index contributed by atoms with van der Waals surface area (Å²) in [5, 5.41) is 2.47. The minimum Gasteiger partial charge on any atom is -0.497 e. The molecule has 0 aliphatic rings. The molecule has 0 aromatic heterocycles. The van der Waals surface area contributed by atoms with E-state index in [0.717, 1.165) is 12.3 Å². The van der Waals surface area contributed by atoms with Gasteiger partial charge in [0.05, 0.1) is 7.11 Å². The molecule has 2 aromatic rings. The average Bonchev–Trinajstić information content (AvgIpc) is 2.40. The molecule has 17 heavy (non-hydrogen) atoms. The van der Waals surface area contributed by atoms with Crippen LogP contribution in [0.3, 0.4) is 0 Å². The lowest BCUT2D eigenvalue weighted by atomic mass is 10.1. The van der Waals surface area contributed by atoms with E-state index in [1.165, 1.54) is 23.6 Å². The third-order valence-corrected chi connectivity index (χ3v) is 2.51. The van der Waals surface area contributed by atoms with Gasteiger partial charge in [0.25, 0.3) is 0 Å². The molecule has 0 bridgehead atoms. The Hall–Kier alpha value is -1.54. The lowest BCUT2D eigenvalue weighted by Crippen LogP contribution is -1.95. The third kappa shape index (κ3) is 4.45. The normalized spacial score (nSPS) is 9.59. The quantitative estimate of drug-likeness (QED) is 0.876.